The second-order valence-corrected chi connectivity index (χ2v) is 8.67. The van der Waals surface area contributed by atoms with Gasteiger partial charge in [0.1, 0.15) is 4.21 Å². The van der Waals surface area contributed by atoms with Gasteiger partial charge in [-0.15, -0.1) is 11.3 Å². The molecule has 0 spiro atoms. The summed E-state index contributed by atoms with van der Waals surface area (Å²) in [7, 11) is -1.87. The van der Waals surface area contributed by atoms with Crippen LogP contribution in [0.15, 0.2) is 45.1 Å². The van der Waals surface area contributed by atoms with Crippen molar-refractivity contribution in [2.24, 2.45) is 5.73 Å². The van der Waals surface area contributed by atoms with Crippen LogP contribution in [0.4, 0.5) is 0 Å². The molecular weight excluding hydrogens is 360 g/mol. The minimum absolute atomic E-state index is 0.331. The van der Waals surface area contributed by atoms with Crippen LogP contribution >= 0.6 is 27.3 Å². The maximum Gasteiger partial charge on any atom is 0.252 e. The van der Waals surface area contributed by atoms with Crippen LogP contribution in [0.25, 0.3) is 0 Å². The highest BCUT2D eigenvalue weighted by Gasteiger charge is 2.22. The molecule has 0 unspecified atom stereocenters. The largest absolute Gasteiger partial charge is 0.326 e. The van der Waals surface area contributed by atoms with Gasteiger partial charge in [-0.3, -0.25) is 0 Å². The first kappa shape index (κ1) is 15.7. The van der Waals surface area contributed by atoms with Crippen molar-refractivity contribution >= 4 is 37.3 Å². The van der Waals surface area contributed by atoms with Gasteiger partial charge >= 0.3 is 0 Å². The predicted octanol–water partition coefficient (Wildman–Crippen LogP) is 2.79. The lowest BCUT2D eigenvalue weighted by molar-refractivity contribution is 0.468. The van der Waals surface area contributed by atoms with Crippen molar-refractivity contribution in [1.29, 1.82) is 0 Å². The Balaban J connectivity index is 2.18. The van der Waals surface area contributed by atoms with Crippen LogP contribution < -0.4 is 5.73 Å². The van der Waals surface area contributed by atoms with Crippen LogP contribution in [0.2, 0.25) is 0 Å². The van der Waals surface area contributed by atoms with Crippen LogP contribution in [0.5, 0.6) is 0 Å². The Morgan fingerprint density at radius 1 is 1.20 bits per heavy atom. The van der Waals surface area contributed by atoms with Crippen LogP contribution in [0, 0.1) is 0 Å². The maximum atomic E-state index is 12.4. The topological polar surface area (TPSA) is 63.4 Å². The van der Waals surface area contributed by atoms with Crippen molar-refractivity contribution in [2.45, 2.75) is 17.3 Å². The zero-order valence-electron chi connectivity index (χ0n) is 10.9. The number of hydrogen-bond acceptors (Lipinski definition) is 4. The molecule has 20 heavy (non-hydrogen) atoms. The SMILES string of the molecule is CN(Cc1ccc(Br)cc1)S(=O)(=O)c1ccc(CN)s1. The Bertz CT molecular complexity index is 681. The third kappa shape index (κ3) is 3.48. The van der Waals surface area contributed by atoms with Crippen LogP contribution in [0.1, 0.15) is 10.4 Å². The Kier molecular flexibility index (Phi) is 4.98. The molecule has 108 valence electrons. The lowest BCUT2D eigenvalue weighted by atomic mass is 10.2. The summed E-state index contributed by atoms with van der Waals surface area (Å²) in [5, 5.41) is 0. The van der Waals surface area contributed by atoms with E-state index in [1.54, 1.807) is 19.2 Å². The number of sulfonamides is 1. The normalized spacial score (nSPS) is 12.0. The fraction of sp³-hybridized carbons (Fsp3) is 0.231. The van der Waals surface area contributed by atoms with E-state index in [-0.39, 0.29) is 0 Å². The van der Waals surface area contributed by atoms with Gasteiger partial charge in [-0.05, 0) is 29.8 Å². The van der Waals surface area contributed by atoms with E-state index in [9.17, 15) is 8.42 Å². The summed E-state index contributed by atoms with van der Waals surface area (Å²) in [5.74, 6) is 0. The molecule has 2 rings (SSSR count). The summed E-state index contributed by atoms with van der Waals surface area (Å²) in [6, 6.07) is 11.0. The Morgan fingerprint density at radius 2 is 1.85 bits per heavy atom. The Hall–Kier alpha value is -0.730. The molecule has 4 nitrogen and oxygen atoms in total. The molecule has 0 bridgehead atoms. The number of hydrogen-bond donors (Lipinski definition) is 1. The summed E-state index contributed by atoms with van der Waals surface area (Å²) in [5.41, 5.74) is 6.46. The summed E-state index contributed by atoms with van der Waals surface area (Å²) in [6.45, 7) is 0.697. The van der Waals surface area contributed by atoms with Crippen molar-refractivity contribution in [3.63, 3.8) is 0 Å². The minimum Gasteiger partial charge on any atom is -0.326 e. The van der Waals surface area contributed by atoms with E-state index in [0.717, 1.165) is 14.9 Å². The first-order valence-corrected chi connectivity index (χ1v) is 8.98. The van der Waals surface area contributed by atoms with Gasteiger partial charge in [-0.25, -0.2) is 8.42 Å². The number of rotatable bonds is 5. The summed E-state index contributed by atoms with van der Waals surface area (Å²) >= 11 is 4.58. The molecule has 1 aromatic heterocycles. The van der Waals surface area contributed by atoms with E-state index in [2.05, 4.69) is 15.9 Å². The quantitative estimate of drug-likeness (QED) is 0.874. The second kappa shape index (κ2) is 6.36. The molecule has 2 aromatic rings. The number of halogens is 1. The average molecular weight is 375 g/mol. The molecule has 0 saturated heterocycles. The molecule has 0 aliphatic carbocycles. The lowest BCUT2D eigenvalue weighted by Gasteiger charge is -2.16. The van der Waals surface area contributed by atoms with E-state index < -0.39 is 10.0 Å². The molecule has 0 amide bonds. The zero-order valence-corrected chi connectivity index (χ0v) is 14.1. The highest BCUT2D eigenvalue weighted by Crippen LogP contribution is 2.25. The van der Waals surface area contributed by atoms with Crippen molar-refractivity contribution in [2.75, 3.05) is 7.05 Å². The molecule has 0 fully saturated rings. The Morgan fingerprint density at radius 3 is 2.40 bits per heavy atom. The molecular formula is C13H15BrN2O2S2. The average Bonchev–Trinajstić information content (AvgIpc) is 2.90. The van der Waals surface area contributed by atoms with Gasteiger partial charge in [0, 0.05) is 29.5 Å². The van der Waals surface area contributed by atoms with E-state index in [1.165, 1.54) is 15.6 Å². The summed E-state index contributed by atoms with van der Waals surface area (Å²) in [4.78, 5) is 0.862. The van der Waals surface area contributed by atoms with Crippen LogP contribution in [0.3, 0.4) is 0 Å². The maximum absolute atomic E-state index is 12.4. The first-order valence-electron chi connectivity index (χ1n) is 5.93. The molecule has 0 aliphatic rings. The van der Waals surface area contributed by atoms with Gasteiger partial charge in [0.2, 0.25) is 0 Å². The van der Waals surface area contributed by atoms with Gasteiger partial charge in [0.15, 0.2) is 0 Å². The molecule has 1 heterocycles. The van der Waals surface area contributed by atoms with Gasteiger partial charge < -0.3 is 5.73 Å². The minimum atomic E-state index is -3.45. The highest BCUT2D eigenvalue weighted by atomic mass is 79.9. The smallest absolute Gasteiger partial charge is 0.252 e. The fourth-order valence-corrected chi connectivity index (χ4v) is 4.56. The van der Waals surface area contributed by atoms with Gasteiger partial charge in [-0.2, -0.15) is 4.31 Å². The van der Waals surface area contributed by atoms with E-state index in [0.29, 0.717) is 17.3 Å². The van der Waals surface area contributed by atoms with Crippen molar-refractivity contribution in [3.05, 3.63) is 51.3 Å². The van der Waals surface area contributed by atoms with Crippen molar-refractivity contribution in [3.8, 4) is 0 Å². The molecule has 0 atom stereocenters. The summed E-state index contributed by atoms with van der Waals surface area (Å²) in [6.07, 6.45) is 0. The Labute approximate surface area is 131 Å². The van der Waals surface area contributed by atoms with E-state index >= 15 is 0 Å². The van der Waals surface area contributed by atoms with Gasteiger partial charge in [0.25, 0.3) is 10.0 Å². The molecule has 0 saturated carbocycles. The molecule has 2 N–H and O–H groups in total. The highest BCUT2D eigenvalue weighted by molar-refractivity contribution is 9.10. The number of nitrogens with zero attached hydrogens (tertiary/aromatic N) is 1. The van der Waals surface area contributed by atoms with Crippen LogP contribution in [-0.4, -0.2) is 19.8 Å². The third-order valence-corrected chi connectivity index (χ3v) is 6.73. The molecule has 1 aromatic carbocycles. The van der Waals surface area contributed by atoms with E-state index in [4.69, 9.17) is 5.73 Å². The van der Waals surface area contributed by atoms with Gasteiger partial charge in [-0.1, -0.05) is 28.1 Å². The standard InChI is InChI=1S/C13H15BrN2O2S2/c1-16(9-10-2-4-11(14)5-3-10)20(17,18)13-7-6-12(8-15)19-13/h2-7H,8-9,15H2,1H3. The lowest BCUT2D eigenvalue weighted by Crippen LogP contribution is -2.25. The van der Waals surface area contributed by atoms with Crippen molar-refractivity contribution < 1.29 is 8.42 Å². The third-order valence-electron chi connectivity index (χ3n) is 2.82. The molecule has 0 radical (unpaired) electrons. The van der Waals surface area contributed by atoms with Crippen molar-refractivity contribution in [1.82, 2.24) is 4.31 Å². The number of thiophene rings is 1. The fourth-order valence-electron chi connectivity index (χ4n) is 1.69. The first-order chi connectivity index (χ1) is 9.43. The monoisotopic (exact) mass is 374 g/mol. The number of benzene rings is 1. The molecule has 7 heteroatoms. The second-order valence-electron chi connectivity index (χ2n) is 4.31. The predicted molar refractivity (Wildman–Crippen MR) is 85.0 cm³/mol. The molecule has 0 aliphatic heterocycles. The summed E-state index contributed by atoms with van der Waals surface area (Å²) < 4.78 is 27.5. The zero-order chi connectivity index (χ0) is 14.8. The number of nitrogens with two attached hydrogens (primary N) is 1. The van der Waals surface area contributed by atoms with E-state index in [1.807, 2.05) is 24.3 Å². The van der Waals surface area contributed by atoms with Gasteiger partial charge in [0.05, 0.1) is 0 Å². The van der Waals surface area contributed by atoms with Crippen LogP contribution in [-0.2, 0) is 23.1 Å².